The van der Waals surface area contributed by atoms with Crippen molar-refractivity contribution in [2.45, 2.75) is 39.0 Å². The van der Waals surface area contributed by atoms with Gasteiger partial charge in [0.05, 0.1) is 0 Å². The van der Waals surface area contributed by atoms with E-state index in [1.807, 2.05) is 13.0 Å². The van der Waals surface area contributed by atoms with Crippen LogP contribution in [0.25, 0.3) is 0 Å². The number of hydrogen-bond acceptors (Lipinski definition) is 2. The Labute approximate surface area is 113 Å². The first-order valence-corrected chi connectivity index (χ1v) is 7.05. The number of imide groups is 1. The lowest BCUT2D eigenvalue weighted by Crippen LogP contribution is -2.53. The second kappa shape index (κ2) is 4.48. The van der Waals surface area contributed by atoms with Crippen LogP contribution in [0.15, 0.2) is 24.3 Å². The first-order valence-electron chi connectivity index (χ1n) is 7.05. The van der Waals surface area contributed by atoms with Crippen molar-refractivity contribution < 1.29 is 9.59 Å². The molecule has 1 N–H and O–H groups in total. The molecule has 3 rings (SSSR count). The van der Waals surface area contributed by atoms with Gasteiger partial charge in [-0.2, -0.15) is 0 Å². The second-order valence-corrected chi connectivity index (χ2v) is 5.86. The molecule has 1 aliphatic carbocycles. The molecule has 1 heterocycles. The van der Waals surface area contributed by atoms with Crippen molar-refractivity contribution in [3.05, 3.63) is 35.4 Å². The Morgan fingerprint density at radius 3 is 2.68 bits per heavy atom. The molecule has 1 spiro atoms. The Bertz CT molecular complexity index is 537. The van der Waals surface area contributed by atoms with Crippen molar-refractivity contribution in [1.29, 1.82) is 0 Å². The molecule has 1 aromatic rings. The molecule has 2 unspecified atom stereocenters. The molecule has 0 radical (unpaired) electrons. The van der Waals surface area contributed by atoms with Gasteiger partial charge in [-0.15, -0.1) is 0 Å². The minimum absolute atomic E-state index is 0.0291. The number of hydrogen-bond donors (Lipinski definition) is 1. The molecule has 2 amide bonds. The molecule has 1 saturated heterocycles. The van der Waals surface area contributed by atoms with E-state index in [0.717, 1.165) is 25.7 Å². The average molecular weight is 257 g/mol. The van der Waals surface area contributed by atoms with Crippen LogP contribution in [0.1, 0.15) is 37.3 Å². The van der Waals surface area contributed by atoms with Gasteiger partial charge in [0.25, 0.3) is 0 Å². The molecular formula is C16H19NO2. The van der Waals surface area contributed by atoms with Crippen LogP contribution in [0.4, 0.5) is 0 Å². The minimum Gasteiger partial charge on any atom is -0.296 e. The summed E-state index contributed by atoms with van der Waals surface area (Å²) >= 11 is 0. The zero-order valence-corrected chi connectivity index (χ0v) is 11.2. The maximum Gasteiger partial charge on any atom is 0.230 e. The molecule has 19 heavy (non-hydrogen) atoms. The van der Waals surface area contributed by atoms with Crippen molar-refractivity contribution in [2.75, 3.05) is 0 Å². The number of amides is 2. The number of nitrogens with one attached hydrogen (secondary N) is 1. The molecule has 1 aromatic carbocycles. The summed E-state index contributed by atoms with van der Waals surface area (Å²) in [5, 5.41) is 2.50. The van der Waals surface area contributed by atoms with E-state index in [9.17, 15) is 9.59 Å². The normalized spacial score (nSPS) is 30.1. The highest BCUT2D eigenvalue weighted by molar-refractivity contribution is 5.99. The van der Waals surface area contributed by atoms with Gasteiger partial charge in [0.1, 0.15) is 0 Å². The van der Waals surface area contributed by atoms with Gasteiger partial charge >= 0.3 is 0 Å². The van der Waals surface area contributed by atoms with E-state index in [-0.39, 0.29) is 23.1 Å². The van der Waals surface area contributed by atoms with E-state index in [1.54, 1.807) is 0 Å². The zero-order valence-electron chi connectivity index (χ0n) is 11.2. The average Bonchev–Trinajstić information content (AvgIpc) is 2.38. The summed E-state index contributed by atoms with van der Waals surface area (Å²) < 4.78 is 0. The predicted molar refractivity (Wildman–Crippen MR) is 72.4 cm³/mol. The fraction of sp³-hybridized carbons (Fsp3) is 0.500. The molecule has 0 saturated carbocycles. The molecule has 0 aromatic heterocycles. The number of carbonyl (C=O) groups is 2. The first-order chi connectivity index (χ1) is 9.14. The minimum atomic E-state index is -0.150. The monoisotopic (exact) mass is 257 g/mol. The lowest BCUT2D eigenvalue weighted by molar-refractivity contribution is -0.144. The number of piperidine rings is 1. The maximum absolute atomic E-state index is 12.1. The Balaban J connectivity index is 1.98. The van der Waals surface area contributed by atoms with E-state index in [4.69, 9.17) is 0 Å². The number of benzene rings is 1. The van der Waals surface area contributed by atoms with Crippen LogP contribution in [0.3, 0.4) is 0 Å². The lowest BCUT2D eigenvalue weighted by Gasteiger charge is -2.45. The van der Waals surface area contributed by atoms with Crippen LogP contribution < -0.4 is 5.32 Å². The molecule has 1 aliphatic heterocycles. The van der Waals surface area contributed by atoms with Crippen LogP contribution in [0.2, 0.25) is 0 Å². The fourth-order valence-electron chi connectivity index (χ4n) is 3.88. The molecule has 3 nitrogen and oxygen atoms in total. The Morgan fingerprint density at radius 1 is 1.21 bits per heavy atom. The van der Waals surface area contributed by atoms with Gasteiger partial charge < -0.3 is 0 Å². The van der Waals surface area contributed by atoms with Gasteiger partial charge in [-0.25, -0.2) is 0 Å². The van der Waals surface area contributed by atoms with Gasteiger partial charge in [0.2, 0.25) is 11.8 Å². The number of rotatable bonds is 1. The summed E-state index contributed by atoms with van der Waals surface area (Å²) in [5.74, 6) is -0.203. The molecule has 1 fully saturated rings. The Kier molecular flexibility index (Phi) is 2.92. The topological polar surface area (TPSA) is 46.2 Å². The highest BCUT2D eigenvalue weighted by Crippen LogP contribution is 2.47. The Morgan fingerprint density at radius 2 is 1.95 bits per heavy atom. The fourth-order valence-corrected chi connectivity index (χ4v) is 3.88. The SMILES string of the molecule is CCC1C(=O)NC(=O)CC12CCc1ccccc1C2. The molecular weight excluding hydrogens is 238 g/mol. The van der Waals surface area contributed by atoms with Gasteiger partial charge in [0.15, 0.2) is 0 Å². The highest BCUT2D eigenvalue weighted by atomic mass is 16.2. The summed E-state index contributed by atoms with van der Waals surface area (Å²) in [6, 6.07) is 8.41. The van der Waals surface area contributed by atoms with E-state index in [1.165, 1.54) is 11.1 Å². The standard InChI is InChI=1S/C16H19NO2/c1-2-13-15(19)17-14(18)10-16(13)8-7-11-5-3-4-6-12(11)9-16/h3-6,13H,2,7-10H2,1H3,(H,17,18,19). The molecule has 2 aliphatic rings. The van der Waals surface area contributed by atoms with Crippen molar-refractivity contribution in [1.82, 2.24) is 5.32 Å². The predicted octanol–water partition coefficient (Wildman–Crippen LogP) is 2.23. The van der Waals surface area contributed by atoms with Crippen LogP contribution in [-0.4, -0.2) is 11.8 Å². The summed E-state index contributed by atoms with van der Waals surface area (Å²) in [5.41, 5.74) is 2.54. The lowest BCUT2D eigenvalue weighted by atomic mass is 9.60. The molecule has 100 valence electrons. The maximum atomic E-state index is 12.1. The highest BCUT2D eigenvalue weighted by Gasteiger charge is 2.48. The summed E-state index contributed by atoms with van der Waals surface area (Å²) in [6.07, 6.45) is 4.09. The van der Waals surface area contributed by atoms with Gasteiger partial charge in [-0.3, -0.25) is 14.9 Å². The third-order valence-corrected chi connectivity index (χ3v) is 4.79. The molecule has 2 atom stereocenters. The molecule has 0 bridgehead atoms. The largest absolute Gasteiger partial charge is 0.296 e. The van der Waals surface area contributed by atoms with Crippen LogP contribution in [0.5, 0.6) is 0 Å². The molecule has 3 heteroatoms. The number of carbonyl (C=O) groups excluding carboxylic acids is 2. The van der Waals surface area contributed by atoms with Crippen LogP contribution in [-0.2, 0) is 22.4 Å². The van der Waals surface area contributed by atoms with Crippen molar-refractivity contribution in [2.24, 2.45) is 11.3 Å². The second-order valence-electron chi connectivity index (χ2n) is 5.86. The first kappa shape index (κ1) is 12.4. The van der Waals surface area contributed by atoms with Crippen LogP contribution >= 0.6 is 0 Å². The number of fused-ring (bicyclic) bond motifs is 1. The van der Waals surface area contributed by atoms with E-state index in [0.29, 0.717) is 6.42 Å². The van der Waals surface area contributed by atoms with Crippen LogP contribution in [0, 0.1) is 11.3 Å². The third-order valence-electron chi connectivity index (χ3n) is 4.79. The van der Waals surface area contributed by atoms with Gasteiger partial charge in [0, 0.05) is 12.3 Å². The van der Waals surface area contributed by atoms with Gasteiger partial charge in [-0.1, -0.05) is 31.2 Å². The van der Waals surface area contributed by atoms with Crippen molar-refractivity contribution in [3.8, 4) is 0 Å². The van der Waals surface area contributed by atoms with E-state index >= 15 is 0 Å². The zero-order chi connectivity index (χ0) is 13.5. The van der Waals surface area contributed by atoms with E-state index in [2.05, 4.69) is 23.5 Å². The third kappa shape index (κ3) is 1.97. The quantitative estimate of drug-likeness (QED) is 0.784. The summed E-state index contributed by atoms with van der Waals surface area (Å²) in [4.78, 5) is 23.9. The smallest absolute Gasteiger partial charge is 0.230 e. The van der Waals surface area contributed by atoms with Gasteiger partial charge in [-0.05, 0) is 42.2 Å². The summed E-state index contributed by atoms with van der Waals surface area (Å²) in [6.45, 7) is 2.04. The summed E-state index contributed by atoms with van der Waals surface area (Å²) in [7, 11) is 0. The van der Waals surface area contributed by atoms with Crippen molar-refractivity contribution >= 4 is 11.8 Å². The number of aryl methyl sites for hydroxylation is 1. The van der Waals surface area contributed by atoms with Crippen molar-refractivity contribution in [3.63, 3.8) is 0 Å². The van der Waals surface area contributed by atoms with E-state index < -0.39 is 0 Å². The Hall–Kier alpha value is -1.64.